The van der Waals surface area contributed by atoms with Gasteiger partial charge in [0.25, 0.3) is 0 Å². The largest absolute Gasteiger partial charge is 0.481 e. The maximum Gasteiger partial charge on any atom is 0.321 e. The third-order valence-corrected chi connectivity index (χ3v) is 3.61. The molecule has 1 saturated heterocycles. The monoisotopic (exact) mass is 326 g/mol. The molecule has 1 atom stereocenters. The number of nitrogens with one attached hydrogen (secondary N) is 1. The summed E-state index contributed by atoms with van der Waals surface area (Å²) < 4.78 is 0.899. The van der Waals surface area contributed by atoms with Crippen LogP contribution >= 0.6 is 15.9 Å². The molecule has 5 nitrogen and oxygen atoms in total. The lowest BCUT2D eigenvalue weighted by Gasteiger charge is -2.17. The number of amides is 2. The summed E-state index contributed by atoms with van der Waals surface area (Å²) in [6.45, 7) is 1.11. The number of carboxylic acid groups (broad SMARTS) is 1. The second-order valence-corrected chi connectivity index (χ2v) is 5.55. The van der Waals surface area contributed by atoms with E-state index in [1.807, 2.05) is 24.3 Å². The van der Waals surface area contributed by atoms with Gasteiger partial charge < -0.3 is 15.3 Å². The van der Waals surface area contributed by atoms with Crippen LogP contribution in [0.1, 0.15) is 12.8 Å². The summed E-state index contributed by atoms with van der Waals surface area (Å²) in [5.74, 6) is -0.745. The molecule has 0 spiro atoms. The van der Waals surface area contributed by atoms with Crippen molar-refractivity contribution in [1.29, 1.82) is 0 Å². The SMILES string of the molecule is O=C(O)CC1CCN(C(=O)Nc2cccc(Br)c2)C1. The lowest BCUT2D eigenvalue weighted by atomic mass is 10.1. The molecular weight excluding hydrogens is 312 g/mol. The Balaban J connectivity index is 1.89. The average Bonchev–Trinajstić information content (AvgIpc) is 2.76. The summed E-state index contributed by atoms with van der Waals surface area (Å²) in [4.78, 5) is 24.3. The maximum atomic E-state index is 12.0. The zero-order valence-corrected chi connectivity index (χ0v) is 11.9. The molecule has 1 heterocycles. The fraction of sp³-hybridized carbons (Fsp3) is 0.385. The van der Waals surface area contributed by atoms with Crippen molar-refractivity contribution in [3.05, 3.63) is 28.7 Å². The molecular formula is C13H15BrN2O3. The number of hydrogen-bond acceptors (Lipinski definition) is 2. The summed E-state index contributed by atoms with van der Waals surface area (Å²) in [6.07, 6.45) is 0.874. The Bertz CT molecular complexity index is 493. The van der Waals surface area contributed by atoms with Gasteiger partial charge in [-0.2, -0.15) is 0 Å². The number of benzene rings is 1. The molecule has 2 N–H and O–H groups in total. The molecule has 19 heavy (non-hydrogen) atoms. The molecule has 0 aromatic heterocycles. The quantitative estimate of drug-likeness (QED) is 0.897. The molecule has 0 bridgehead atoms. The molecule has 0 saturated carbocycles. The average molecular weight is 327 g/mol. The highest BCUT2D eigenvalue weighted by Gasteiger charge is 2.27. The number of hydrogen-bond donors (Lipinski definition) is 2. The first-order valence-corrected chi connectivity index (χ1v) is 6.87. The third-order valence-electron chi connectivity index (χ3n) is 3.11. The van der Waals surface area contributed by atoms with E-state index in [0.717, 1.165) is 16.6 Å². The van der Waals surface area contributed by atoms with Crippen LogP contribution in [0.25, 0.3) is 0 Å². The Morgan fingerprint density at radius 1 is 1.47 bits per heavy atom. The molecule has 1 aromatic rings. The summed E-state index contributed by atoms with van der Waals surface area (Å²) >= 11 is 3.34. The van der Waals surface area contributed by atoms with E-state index >= 15 is 0 Å². The van der Waals surface area contributed by atoms with Crippen molar-refractivity contribution in [1.82, 2.24) is 4.90 Å². The first-order chi connectivity index (χ1) is 9.04. The van der Waals surface area contributed by atoms with Gasteiger partial charge in [-0.1, -0.05) is 22.0 Å². The highest BCUT2D eigenvalue weighted by atomic mass is 79.9. The Morgan fingerprint density at radius 2 is 2.26 bits per heavy atom. The van der Waals surface area contributed by atoms with Gasteiger partial charge in [0.05, 0.1) is 0 Å². The van der Waals surface area contributed by atoms with Crippen LogP contribution in [-0.2, 0) is 4.79 Å². The van der Waals surface area contributed by atoms with E-state index in [1.165, 1.54) is 0 Å². The summed E-state index contributed by atoms with van der Waals surface area (Å²) in [5.41, 5.74) is 0.723. The van der Waals surface area contributed by atoms with Crippen molar-refractivity contribution in [2.45, 2.75) is 12.8 Å². The number of aliphatic carboxylic acids is 1. The zero-order valence-electron chi connectivity index (χ0n) is 10.3. The van der Waals surface area contributed by atoms with Crippen LogP contribution in [-0.4, -0.2) is 35.1 Å². The minimum Gasteiger partial charge on any atom is -0.481 e. The van der Waals surface area contributed by atoms with E-state index in [-0.39, 0.29) is 18.4 Å². The van der Waals surface area contributed by atoms with Gasteiger partial charge in [0, 0.05) is 29.7 Å². The van der Waals surface area contributed by atoms with E-state index in [4.69, 9.17) is 5.11 Å². The molecule has 2 rings (SSSR count). The highest BCUT2D eigenvalue weighted by molar-refractivity contribution is 9.10. The molecule has 1 unspecified atom stereocenters. The first kappa shape index (κ1) is 13.9. The van der Waals surface area contributed by atoms with Crippen LogP contribution in [0.3, 0.4) is 0 Å². The van der Waals surface area contributed by atoms with Crippen LogP contribution in [0.5, 0.6) is 0 Å². The van der Waals surface area contributed by atoms with Gasteiger partial charge in [-0.25, -0.2) is 4.79 Å². The van der Waals surface area contributed by atoms with Crippen molar-refractivity contribution < 1.29 is 14.7 Å². The summed E-state index contributed by atoms with van der Waals surface area (Å²) in [5, 5.41) is 11.5. The van der Waals surface area contributed by atoms with Crippen molar-refractivity contribution in [3.63, 3.8) is 0 Å². The molecule has 102 valence electrons. The van der Waals surface area contributed by atoms with Gasteiger partial charge in [-0.15, -0.1) is 0 Å². The van der Waals surface area contributed by atoms with Crippen molar-refractivity contribution in [3.8, 4) is 0 Å². The predicted octanol–water partition coefficient (Wildman–Crippen LogP) is 2.78. The van der Waals surface area contributed by atoms with Crippen molar-refractivity contribution in [2.75, 3.05) is 18.4 Å². The Hall–Kier alpha value is -1.56. The van der Waals surface area contributed by atoms with Crippen LogP contribution in [0.2, 0.25) is 0 Å². The minimum atomic E-state index is -0.806. The van der Waals surface area contributed by atoms with Crippen LogP contribution in [0.15, 0.2) is 28.7 Å². The number of carboxylic acids is 1. The Labute approximate surface area is 119 Å². The first-order valence-electron chi connectivity index (χ1n) is 6.08. The van der Waals surface area contributed by atoms with Gasteiger partial charge in [0.15, 0.2) is 0 Å². The number of anilines is 1. The maximum absolute atomic E-state index is 12.0. The number of urea groups is 1. The normalized spacial score (nSPS) is 18.4. The fourth-order valence-corrected chi connectivity index (χ4v) is 2.60. The van der Waals surface area contributed by atoms with Gasteiger partial charge in [-0.3, -0.25) is 4.79 Å². The second-order valence-electron chi connectivity index (χ2n) is 4.64. The van der Waals surface area contributed by atoms with E-state index in [9.17, 15) is 9.59 Å². The number of likely N-dealkylation sites (tertiary alicyclic amines) is 1. The lowest BCUT2D eigenvalue weighted by Crippen LogP contribution is -2.33. The zero-order chi connectivity index (χ0) is 13.8. The Morgan fingerprint density at radius 3 is 2.95 bits per heavy atom. The van der Waals surface area contributed by atoms with E-state index < -0.39 is 5.97 Å². The van der Waals surface area contributed by atoms with E-state index in [0.29, 0.717) is 13.1 Å². The fourth-order valence-electron chi connectivity index (χ4n) is 2.20. The highest BCUT2D eigenvalue weighted by Crippen LogP contribution is 2.21. The van der Waals surface area contributed by atoms with Gasteiger partial charge >= 0.3 is 12.0 Å². The number of carbonyl (C=O) groups is 2. The third kappa shape index (κ3) is 3.96. The molecule has 1 aromatic carbocycles. The van der Waals surface area contributed by atoms with Crippen molar-refractivity contribution >= 4 is 33.6 Å². The number of carbonyl (C=O) groups excluding carboxylic acids is 1. The molecule has 2 amide bonds. The van der Waals surface area contributed by atoms with E-state index in [1.54, 1.807) is 4.90 Å². The van der Waals surface area contributed by atoms with Gasteiger partial charge in [-0.05, 0) is 30.5 Å². The lowest BCUT2D eigenvalue weighted by molar-refractivity contribution is -0.138. The molecule has 0 radical (unpaired) electrons. The van der Waals surface area contributed by atoms with Crippen LogP contribution < -0.4 is 5.32 Å². The Kier molecular flexibility index (Phi) is 4.42. The topological polar surface area (TPSA) is 69.6 Å². The smallest absolute Gasteiger partial charge is 0.321 e. The van der Waals surface area contributed by atoms with Crippen LogP contribution in [0, 0.1) is 5.92 Å². The molecule has 1 aliphatic heterocycles. The summed E-state index contributed by atoms with van der Waals surface area (Å²) in [6, 6.07) is 7.19. The number of rotatable bonds is 3. The van der Waals surface area contributed by atoms with E-state index in [2.05, 4.69) is 21.2 Å². The van der Waals surface area contributed by atoms with Crippen LogP contribution in [0.4, 0.5) is 10.5 Å². The predicted molar refractivity (Wildman–Crippen MR) is 75.1 cm³/mol. The standard InChI is InChI=1S/C13H15BrN2O3/c14-10-2-1-3-11(7-10)15-13(19)16-5-4-9(8-16)6-12(17)18/h1-3,7,9H,4-6,8H2,(H,15,19)(H,17,18). The number of halogens is 1. The van der Waals surface area contributed by atoms with Crippen molar-refractivity contribution in [2.24, 2.45) is 5.92 Å². The molecule has 6 heteroatoms. The molecule has 0 aliphatic carbocycles. The second kappa shape index (κ2) is 6.06. The summed E-state index contributed by atoms with van der Waals surface area (Å²) in [7, 11) is 0. The molecule has 1 fully saturated rings. The number of nitrogens with zero attached hydrogens (tertiary/aromatic N) is 1. The van der Waals surface area contributed by atoms with Gasteiger partial charge in [0.1, 0.15) is 0 Å². The minimum absolute atomic E-state index is 0.0609. The molecule has 1 aliphatic rings. The van der Waals surface area contributed by atoms with Gasteiger partial charge in [0.2, 0.25) is 0 Å².